The highest BCUT2D eigenvalue weighted by Crippen LogP contribution is 2.36. The van der Waals surface area contributed by atoms with Crippen LogP contribution in [-0.2, 0) is 30.5 Å². The molecule has 2 heterocycles. The molecule has 0 spiro atoms. The summed E-state index contributed by atoms with van der Waals surface area (Å²) in [5, 5.41) is 5.04. The van der Waals surface area contributed by atoms with Crippen molar-refractivity contribution in [1.29, 1.82) is 0 Å². The molecule has 9 heteroatoms. The molecule has 0 unspecified atom stereocenters. The van der Waals surface area contributed by atoms with Crippen LogP contribution in [0.25, 0.3) is 6.08 Å². The van der Waals surface area contributed by atoms with Gasteiger partial charge in [-0.05, 0) is 81.3 Å². The number of rotatable bonds is 6. The second-order valence-corrected chi connectivity index (χ2v) is 9.30. The Labute approximate surface area is 226 Å². The molecule has 0 aliphatic carbocycles. The summed E-state index contributed by atoms with van der Waals surface area (Å²) in [4.78, 5) is 52.1. The predicted molar refractivity (Wildman–Crippen MR) is 146 cm³/mol. The summed E-state index contributed by atoms with van der Waals surface area (Å²) in [5.41, 5.74) is 4.85. The van der Waals surface area contributed by atoms with Gasteiger partial charge in [0.2, 0.25) is 0 Å². The minimum atomic E-state index is -0.825. The maximum Gasteiger partial charge on any atom is 0.340 e. The van der Waals surface area contributed by atoms with Gasteiger partial charge < -0.3 is 19.8 Å². The molecule has 0 radical (unpaired) electrons. The molecule has 4 rings (SSSR count). The molecule has 1 aromatic heterocycles. The molecule has 3 aromatic rings. The number of hydrogen-bond acceptors (Lipinski definition) is 6. The van der Waals surface area contributed by atoms with Gasteiger partial charge in [0.15, 0.2) is 0 Å². The quantitative estimate of drug-likeness (QED) is 0.280. The Morgan fingerprint density at radius 3 is 2.21 bits per heavy atom. The number of esters is 1. The van der Waals surface area contributed by atoms with Crippen molar-refractivity contribution in [2.24, 2.45) is 0 Å². The molecular formula is C30H29N3O6. The Bertz CT molecular complexity index is 1510. The lowest BCUT2D eigenvalue weighted by atomic mass is 10.1. The van der Waals surface area contributed by atoms with E-state index in [0.717, 1.165) is 16.7 Å². The SMILES string of the molecule is COC(=O)C1=C(C)N(c2cc(C)cc(C)c2)C(=O)/C1=C/c1ccc(CNC(=O)C(=O)Nc2ccc(C)cc2)o1. The molecule has 0 atom stereocenters. The van der Waals surface area contributed by atoms with Crippen molar-refractivity contribution < 1.29 is 28.3 Å². The van der Waals surface area contributed by atoms with E-state index < -0.39 is 23.7 Å². The number of allylic oxidation sites excluding steroid dienone is 1. The minimum absolute atomic E-state index is 0.0509. The van der Waals surface area contributed by atoms with Crippen LogP contribution in [0.2, 0.25) is 0 Å². The van der Waals surface area contributed by atoms with Crippen molar-refractivity contribution in [2.75, 3.05) is 17.3 Å². The van der Waals surface area contributed by atoms with E-state index in [9.17, 15) is 19.2 Å². The van der Waals surface area contributed by atoms with Gasteiger partial charge in [-0.3, -0.25) is 19.3 Å². The maximum atomic E-state index is 13.5. The number of hydrogen-bond donors (Lipinski definition) is 2. The van der Waals surface area contributed by atoms with Gasteiger partial charge in [-0.2, -0.15) is 0 Å². The van der Waals surface area contributed by atoms with Crippen LogP contribution in [0, 0.1) is 20.8 Å². The fraction of sp³-hybridized carbons (Fsp3) is 0.200. The Balaban J connectivity index is 1.50. The van der Waals surface area contributed by atoms with E-state index in [1.54, 1.807) is 31.2 Å². The third-order valence-corrected chi connectivity index (χ3v) is 6.16. The van der Waals surface area contributed by atoms with E-state index in [2.05, 4.69) is 10.6 Å². The van der Waals surface area contributed by atoms with Gasteiger partial charge in [0.1, 0.15) is 11.5 Å². The van der Waals surface area contributed by atoms with Gasteiger partial charge >= 0.3 is 17.8 Å². The number of anilines is 2. The summed E-state index contributed by atoms with van der Waals surface area (Å²) in [6, 6.07) is 16.0. The number of amides is 3. The lowest BCUT2D eigenvalue weighted by molar-refractivity contribution is -0.136. The van der Waals surface area contributed by atoms with E-state index in [4.69, 9.17) is 9.15 Å². The van der Waals surface area contributed by atoms with Gasteiger partial charge in [-0.15, -0.1) is 0 Å². The van der Waals surface area contributed by atoms with Gasteiger partial charge in [-0.25, -0.2) is 4.79 Å². The minimum Gasteiger partial charge on any atom is -0.465 e. The Hall–Kier alpha value is -4.92. The second kappa shape index (κ2) is 11.2. The maximum absolute atomic E-state index is 13.5. The molecule has 2 N–H and O–H groups in total. The highest BCUT2D eigenvalue weighted by molar-refractivity contribution is 6.39. The van der Waals surface area contributed by atoms with E-state index in [1.807, 2.05) is 51.1 Å². The van der Waals surface area contributed by atoms with Crippen LogP contribution in [0.4, 0.5) is 11.4 Å². The van der Waals surface area contributed by atoms with E-state index in [-0.39, 0.29) is 17.7 Å². The molecular weight excluding hydrogens is 498 g/mol. The number of nitrogens with zero attached hydrogens (tertiary/aromatic N) is 1. The van der Waals surface area contributed by atoms with Gasteiger partial charge in [0.25, 0.3) is 5.91 Å². The first-order valence-electron chi connectivity index (χ1n) is 12.3. The van der Waals surface area contributed by atoms with Crippen LogP contribution in [0.1, 0.15) is 35.1 Å². The standard InChI is InChI=1S/C30H29N3O6/c1-17-6-8-21(9-7-17)32-28(35)27(34)31-16-24-11-10-23(39-24)15-25-26(30(37)38-5)20(4)33(29(25)36)22-13-18(2)12-19(3)14-22/h6-15H,16H2,1-5H3,(H,31,34)(H,32,35)/b25-15+. The number of ether oxygens (including phenoxy) is 1. The average Bonchev–Trinajstić information content (AvgIpc) is 3.44. The fourth-order valence-corrected chi connectivity index (χ4v) is 4.35. The molecule has 0 saturated carbocycles. The van der Waals surface area contributed by atoms with Crippen LogP contribution in [0.3, 0.4) is 0 Å². The van der Waals surface area contributed by atoms with Crippen LogP contribution in [-0.4, -0.2) is 30.8 Å². The molecule has 39 heavy (non-hydrogen) atoms. The van der Waals surface area contributed by atoms with Crippen LogP contribution in [0.15, 0.2) is 75.9 Å². The lowest BCUT2D eigenvalue weighted by Gasteiger charge is -2.19. The summed E-state index contributed by atoms with van der Waals surface area (Å²) in [7, 11) is 1.26. The van der Waals surface area contributed by atoms with Crippen LogP contribution < -0.4 is 15.5 Å². The molecule has 0 saturated heterocycles. The zero-order valence-corrected chi connectivity index (χ0v) is 22.4. The van der Waals surface area contributed by atoms with Crippen molar-refractivity contribution in [3.05, 3.63) is 99.7 Å². The zero-order valence-electron chi connectivity index (χ0n) is 22.4. The smallest absolute Gasteiger partial charge is 0.340 e. The number of methoxy groups -OCH3 is 1. The van der Waals surface area contributed by atoms with Crippen molar-refractivity contribution in [3.8, 4) is 0 Å². The molecule has 0 fully saturated rings. The van der Waals surface area contributed by atoms with Crippen molar-refractivity contribution in [1.82, 2.24) is 5.32 Å². The molecule has 9 nitrogen and oxygen atoms in total. The highest BCUT2D eigenvalue weighted by Gasteiger charge is 2.38. The Morgan fingerprint density at radius 2 is 1.56 bits per heavy atom. The molecule has 1 aliphatic rings. The number of furan rings is 1. The predicted octanol–water partition coefficient (Wildman–Crippen LogP) is 4.34. The third-order valence-electron chi connectivity index (χ3n) is 6.16. The molecule has 200 valence electrons. The number of aryl methyl sites for hydroxylation is 3. The zero-order chi connectivity index (χ0) is 28.3. The molecule has 2 aromatic carbocycles. The van der Waals surface area contributed by atoms with Crippen LogP contribution in [0.5, 0.6) is 0 Å². The first-order chi connectivity index (χ1) is 18.6. The number of carbonyl (C=O) groups excluding carboxylic acids is 4. The van der Waals surface area contributed by atoms with Crippen molar-refractivity contribution >= 4 is 41.1 Å². The van der Waals surface area contributed by atoms with Crippen LogP contribution >= 0.6 is 0 Å². The van der Waals surface area contributed by atoms with Gasteiger partial charge in [-0.1, -0.05) is 23.8 Å². The second-order valence-electron chi connectivity index (χ2n) is 9.30. The van der Waals surface area contributed by atoms with E-state index in [1.165, 1.54) is 18.1 Å². The lowest BCUT2D eigenvalue weighted by Crippen LogP contribution is -2.34. The summed E-state index contributed by atoms with van der Waals surface area (Å²) in [5.74, 6) is -2.01. The molecule has 0 bridgehead atoms. The average molecular weight is 528 g/mol. The largest absolute Gasteiger partial charge is 0.465 e. The van der Waals surface area contributed by atoms with E-state index >= 15 is 0 Å². The topological polar surface area (TPSA) is 118 Å². The normalized spacial score (nSPS) is 14.1. The summed E-state index contributed by atoms with van der Waals surface area (Å²) in [6.07, 6.45) is 1.47. The van der Waals surface area contributed by atoms with Gasteiger partial charge in [0.05, 0.1) is 24.8 Å². The third kappa shape index (κ3) is 5.98. The summed E-state index contributed by atoms with van der Waals surface area (Å²) < 4.78 is 10.7. The van der Waals surface area contributed by atoms with Crippen molar-refractivity contribution in [3.63, 3.8) is 0 Å². The Morgan fingerprint density at radius 1 is 0.897 bits per heavy atom. The first-order valence-corrected chi connectivity index (χ1v) is 12.3. The summed E-state index contributed by atoms with van der Waals surface area (Å²) in [6.45, 7) is 7.42. The molecule has 3 amide bonds. The highest BCUT2D eigenvalue weighted by atomic mass is 16.5. The Kier molecular flexibility index (Phi) is 7.80. The molecule has 1 aliphatic heterocycles. The monoisotopic (exact) mass is 527 g/mol. The number of nitrogens with one attached hydrogen (secondary N) is 2. The summed E-state index contributed by atoms with van der Waals surface area (Å²) >= 11 is 0. The number of carbonyl (C=O) groups is 4. The number of benzene rings is 2. The first kappa shape index (κ1) is 27.1. The van der Waals surface area contributed by atoms with E-state index in [0.29, 0.717) is 28.6 Å². The van der Waals surface area contributed by atoms with Gasteiger partial charge in [0, 0.05) is 17.1 Å². The van der Waals surface area contributed by atoms with Crippen molar-refractivity contribution in [2.45, 2.75) is 34.2 Å². The fourth-order valence-electron chi connectivity index (χ4n) is 4.35.